The molecule has 6 rings (SSSR count). The van der Waals surface area contributed by atoms with E-state index in [2.05, 4.69) is 26.0 Å². The van der Waals surface area contributed by atoms with Crippen LogP contribution in [0.5, 0.6) is 0 Å². The number of benzene rings is 1. The van der Waals surface area contributed by atoms with Gasteiger partial charge in [-0.05, 0) is 50.6 Å². The van der Waals surface area contributed by atoms with Crippen molar-refractivity contribution >= 4 is 39.6 Å². The summed E-state index contributed by atoms with van der Waals surface area (Å²) < 4.78 is 21.0. The van der Waals surface area contributed by atoms with Crippen molar-refractivity contribution in [1.82, 2.24) is 24.5 Å². The fraction of sp³-hybridized carbons (Fsp3) is 0.480. The Morgan fingerprint density at radius 3 is 2.86 bits per heavy atom. The molecule has 3 N–H and O–H groups in total. The molecule has 0 bridgehead atoms. The van der Waals surface area contributed by atoms with Gasteiger partial charge in [0.2, 0.25) is 0 Å². The number of hydrogen-bond acceptors (Lipinski definition) is 8. The average Bonchev–Trinajstić information content (AvgIpc) is 3.58. The van der Waals surface area contributed by atoms with Crippen LogP contribution in [0.4, 0.5) is 5.82 Å². The number of nitrogens with one attached hydrogen (secondary N) is 1. The largest absolute Gasteiger partial charge is 0.383 e. The lowest BCUT2D eigenvalue weighted by atomic mass is 10.1. The Hall–Kier alpha value is -2.66. The van der Waals surface area contributed by atoms with E-state index in [1.807, 2.05) is 60.6 Å². The zero-order valence-electron chi connectivity index (χ0n) is 19.9. The van der Waals surface area contributed by atoms with Crippen LogP contribution in [0.2, 0.25) is 0 Å². The second-order valence-electron chi connectivity index (χ2n) is 9.58. The molecule has 5 heterocycles. The minimum atomic E-state index is -0.649. The van der Waals surface area contributed by atoms with Crippen LogP contribution in [0.15, 0.2) is 42.9 Å². The Morgan fingerprint density at radius 2 is 1.97 bits per heavy atom. The number of nitrogens with zero attached hydrogens (tertiary/aromatic N) is 4. The van der Waals surface area contributed by atoms with Crippen molar-refractivity contribution in [2.75, 3.05) is 17.2 Å². The van der Waals surface area contributed by atoms with Gasteiger partial charge in [-0.3, -0.25) is 0 Å². The molecule has 0 amide bonds. The summed E-state index contributed by atoms with van der Waals surface area (Å²) in [7, 11) is 0. The van der Waals surface area contributed by atoms with Crippen LogP contribution in [0.1, 0.15) is 38.7 Å². The first-order valence-corrected chi connectivity index (χ1v) is 13.2. The molecule has 4 atom stereocenters. The number of anilines is 1. The number of fused-ring (bicyclic) bond motifs is 3. The highest BCUT2D eigenvalue weighted by molar-refractivity contribution is 7.99. The molecule has 3 aromatic heterocycles. The van der Waals surface area contributed by atoms with E-state index in [1.165, 1.54) is 6.33 Å². The van der Waals surface area contributed by atoms with Gasteiger partial charge in [-0.2, -0.15) is 11.8 Å². The molecular weight excluding hydrogens is 464 g/mol. The predicted molar refractivity (Wildman–Crippen MR) is 136 cm³/mol. The van der Waals surface area contributed by atoms with Crippen molar-refractivity contribution in [3.63, 3.8) is 0 Å². The number of nitrogen functional groups attached to an aromatic ring is 1. The molecule has 1 aromatic carbocycles. The van der Waals surface area contributed by atoms with E-state index in [9.17, 15) is 0 Å². The summed E-state index contributed by atoms with van der Waals surface area (Å²) in [5, 5.41) is 0.813. The number of ether oxygens (including phenoxy) is 3. The third-order valence-electron chi connectivity index (χ3n) is 6.61. The number of hydrogen-bond donors (Lipinski definition) is 2. The second-order valence-corrected chi connectivity index (χ2v) is 10.7. The van der Waals surface area contributed by atoms with Crippen LogP contribution >= 0.6 is 11.8 Å². The Bertz CT molecular complexity index is 1300. The molecule has 0 radical (unpaired) electrons. The van der Waals surface area contributed by atoms with Gasteiger partial charge in [0.25, 0.3) is 0 Å². The maximum Gasteiger partial charge on any atom is 0.164 e. The fourth-order valence-corrected chi connectivity index (χ4v) is 6.11. The van der Waals surface area contributed by atoms with Crippen molar-refractivity contribution in [1.29, 1.82) is 0 Å². The van der Waals surface area contributed by atoms with Crippen molar-refractivity contribution < 1.29 is 14.2 Å². The van der Waals surface area contributed by atoms with E-state index in [-0.39, 0.29) is 24.5 Å². The van der Waals surface area contributed by atoms with Crippen molar-refractivity contribution in [2.24, 2.45) is 0 Å². The van der Waals surface area contributed by atoms with Gasteiger partial charge >= 0.3 is 0 Å². The summed E-state index contributed by atoms with van der Waals surface area (Å²) in [5.74, 6) is 2.77. The number of unbranched alkanes of at least 4 members (excludes halogenated alkanes) is 1. The number of para-hydroxylation sites is 2. The van der Waals surface area contributed by atoms with Gasteiger partial charge < -0.3 is 29.5 Å². The van der Waals surface area contributed by atoms with Gasteiger partial charge in [-0.1, -0.05) is 12.1 Å². The summed E-state index contributed by atoms with van der Waals surface area (Å²) in [6, 6.07) is 10.1. The number of H-pyrrole nitrogens is 1. The molecule has 2 fully saturated rings. The lowest BCUT2D eigenvalue weighted by Crippen LogP contribution is -2.31. The van der Waals surface area contributed by atoms with Crippen LogP contribution in [-0.2, 0) is 20.6 Å². The number of aromatic amines is 1. The number of imidazole rings is 1. The molecule has 0 unspecified atom stereocenters. The Balaban J connectivity index is 1.06. The smallest absolute Gasteiger partial charge is 0.164 e. The number of aromatic nitrogens is 5. The van der Waals surface area contributed by atoms with Crippen LogP contribution in [0, 0.1) is 0 Å². The lowest BCUT2D eigenvalue weighted by molar-refractivity contribution is -0.193. The van der Waals surface area contributed by atoms with Crippen molar-refractivity contribution in [3.05, 3.63) is 48.7 Å². The molecule has 184 valence electrons. The van der Waals surface area contributed by atoms with Crippen LogP contribution < -0.4 is 5.73 Å². The second kappa shape index (κ2) is 9.09. The number of rotatable bonds is 8. The fourth-order valence-electron chi connectivity index (χ4n) is 5.03. The van der Waals surface area contributed by atoms with E-state index in [0.717, 1.165) is 58.7 Å². The van der Waals surface area contributed by atoms with E-state index < -0.39 is 5.79 Å². The Morgan fingerprint density at radius 1 is 1.11 bits per heavy atom. The molecular formula is C25H30N6O3S. The first-order valence-electron chi connectivity index (χ1n) is 12.1. The average molecular weight is 495 g/mol. The van der Waals surface area contributed by atoms with Crippen LogP contribution in [0.3, 0.4) is 0 Å². The SMILES string of the molecule is CC1(C)O[C@@H]2[C@H](O1)[C@@H](CSCCCCc1nc3ccccc3[nH]1)O[C@H]2n1ccc2c(N)ncnc21. The molecule has 2 aliphatic heterocycles. The molecule has 0 aliphatic carbocycles. The third kappa shape index (κ3) is 4.40. The topological polar surface area (TPSA) is 113 Å². The normalized spacial score (nSPS) is 25.5. The quantitative estimate of drug-likeness (QED) is 0.353. The van der Waals surface area contributed by atoms with Crippen molar-refractivity contribution in [2.45, 2.75) is 63.4 Å². The van der Waals surface area contributed by atoms with Crippen LogP contribution in [-0.4, -0.2) is 60.1 Å². The molecule has 2 saturated heterocycles. The predicted octanol–water partition coefficient (Wildman–Crippen LogP) is 4.06. The third-order valence-corrected chi connectivity index (χ3v) is 7.75. The summed E-state index contributed by atoms with van der Waals surface area (Å²) in [6.07, 6.45) is 5.86. The minimum absolute atomic E-state index is 0.0659. The molecule has 9 nitrogen and oxygen atoms in total. The maximum atomic E-state index is 6.50. The maximum absolute atomic E-state index is 6.50. The highest BCUT2D eigenvalue weighted by Crippen LogP contribution is 2.44. The minimum Gasteiger partial charge on any atom is -0.383 e. The summed E-state index contributed by atoms with van der Waals surface area (Å²) in [6.45, 7) is 3.91. The van der Waals surface area contributed by atoms with E-state index in [0.29, 0.717) is 5.82 Å². The molecule has 2 aliphatic rings. The Labute approximate surface area is 207 Å². The first kappa shape index (κ1) is 22.8. The highest BCUT2D eigenvalue weighted by Gasteiger charge is 2.55. The first-order chi connectivity index (χ1) is 17.0. The molecule has 35 heavy (non-hydrogen) atoms. The van der Waals surface area contributed by atoms with Gasteiger partial charge in [0.05, 0.1) is 22.5 Å². The zero-order chi connectivity index (χ0) is 24.0. The van der Waals surface area contributed by atoms with Gasteiger partial charge in [0.1, 0.15) is 35.8 Å². The van der Waals surface area contributed by atoms with Gasteiger partial charge in [-0.25, -0.2) is 15.0 Å². The molecule has 4 aromatic rings. The number of nitrogens with two attached hydrogens (primary N) is 1. The van der Waals surface area contributed by atoms with Crippen LogP contribution in [0.25, 0.3) is 22.1 Å². The number of aryl methyl sites for hydroxylation is 1. The molecule has 0 saturated carbocycles. The summed E-state index contributed by atoms with van der Waals surface area (Å²) in [4.78, 5) is 16.6. The monoisotopic (exact) mass is 494 g/mol. The van der Waals surface area contributed by atoms with Gasteiger partial charge in [-0.15, -0.1) is 0 Å². The zero-order valence-corrected chi connectivity index (χ0v) is 20.7. The molecule has 0 spiro atoms. The molecule has 10 heteroatoms. The number of thioether (sulfide) groups is 1. The lowest BCUT2D eigenvalue weighted by Gasteiger charge is -2.25. The van der Waals surface area contributed by atoms with E-state index in [1.54, 1.807) is 0 Å². The van der Waals surface area contributed by atoms with E-state index in [4.69, 9.17) is 19.9 Å². The standard InChI is InChI=1S/C25H30N6O3S/c1-25(2)33-20-18(13-35-12-6-5-9-19-29-16-7-3-4-8-17(16)30-19)32-24(21(20)34-25)31-11-10-15-22(26)27-14-28-23(15)31/h3-4,7-8,10-11,14,18,20-21,24H,5-6,9,12-13H2,1-2H3,(H,29,30)(H2,26,27,28)/t18-,20-,21-,24-/m1/s1. The van der Waals surface area contributed by atoms with E-state index >= 15 is 0 Å². The Kier molecular flexibility index (Phi) is 5.92. The summed E-state index contributed by atoms with van der Waals surface area (Å²) >= 11 is 1.90. The van der Waals surface area contributed by atoms with Crippen molar-refractivity contribution in [3.8, 4) is 0 Å². The van der Waals surface area contributed by atoms with Gasteiger partial charge in [0.15, 0.2) is 12.0 Å². The summed E-state index contributed by atoms with van der Waals surface area (Å²) in [5.41, 5.74) is 8.92. The highest BCUT2D eigenvalue weighted by atomic mass is 32.2. The van der Waals surface area contributed by atoms with Gasteiger partial charge in [0, 0.05) is 18.4 Å².